The molecular formula is C16H14N2O3. The maximum Gasteiger partial charge on any atom is 0.271 e. The second-order valence-electron chi connectivity index (χ2n) is 5.21. The van der Waals surface area contributed by atoms with Crippen LogP contribution in [-0.4, -0.2) is 10.8 Å². The van der Waals surface area contributed by atoms with E-state index in [-0.39, 0.29) is 11.6 Å². The van der Waals surface area contributed by atoms with Crippen LogP contribution in [-0.2, 0) is 10.2 Å². The van der Waals surface area contributed by atoms with Gasteiger partial charge in [-0.3, -0.25) is 14.9 Å². The SMILES string of the molecule is O=C(Nc1cccc([N+](=O)[O-])c1)C1(c2ccccc2)CC1. The van der Waals surface area contributed by atoms with E-state index in [2.05, 4.69) is 5.32 Å². The molecule has 0 radical (unpaired) electrons. The first-order valence-electron chi connectivity index (χ1n) is 6.73. The van der Waals surface area contributed by atoms with Gasteiger partial charge in [0.1, 0.15) is 0 Å². The van der Waals surface area contributed by atoms with Crippen molar-refractivity contribution in [2.24, 2.45) is 0 Å². The van der Waals surface area contributed by atoms with Gasteiger partial charge in [-0.15, -0.1) is 0 Å². The fourth-order valence-electron chi connectivity index (χ4n) is 2.48. The van der Waals surface area contributed by atoms with Gasteiger partial charge in [0.05, 0.1) is 10.3 Å². The van der Waals surface area contributed by atoms with Crippen LogP contribution in [0.1, 0.15) is 18.4 Å². The molecule has 0 aliphatic heterocycles. The molecule has 1 fully saturated rings. The molecule has 0 bridgehead atoms. The fraction of sp³-hybridized carbons (Fsp3) is 0.188. The van der Waals surface area contributed by atoms with E-state index < -0.39 is 10.3 Å². The van der Waals surface area contributed by atoms with Crippen LogP contribution in [0.15, 0.2) is 54.6 Å². The first kappa shape index (κ1) is 13.3. The average Bonchev–Trinajstić information content (AvgIpc) is 3.30. The van der Waals surface area contributed by atoms with Crippen LogP contribution in [0.3, 0.4) is 0 Å². The lowest BCUT2D eigenvalue weighted by Gasteiger charge is -2.15. The van der Waals surface area contributed by atoms with Gasteiger partial charge in [0.2, 0.25) is 5.91 Å². The zero-order valence-corrected chi connectivity index (χ0v) is 11.3. The van der Waals surface area contributed by atoms with Gasteiger partial charge in [0, 0.05) is 17.8 Å². The van der Waals surface area contributed by atoms with Gasteiger partial charge < -0.3 is 5.32 Å². The largest absolute Gasteiger partial charge is 0.325 e. The van der Waals surface area contributed by atoms with E-state index >= 15 is 0 Å². The number of benzene rings is 2. The molecular weight excluding hydrogens is 268 g/mol. The third kappa shape index (κ3) is 2.50. The molecule has 0 heterocycles. The number of anilines is 1. The smallest absolute Gasteiger partial charge is 0.271 e. The van der Waals surface area contributed by atoms with Crippen molar-refractivity contribution in [1.82, 2.24) is 0 Å². The Balaban J connectivity index is 1.81. The van der Waals surface area contributed by atoms with Crippen molar-refractivity contribution in [2.75, 3.05) is 5.32 Å². The van der Waals surface area contributed by atoms with E-state index in [9.17, 15) is 14.9 Å². The second-order valence-corrected chi connectivity index (χ2v) is 5.21. The molecule has 3 rings (SSSR count). The molecule has 5 nitrogen and oxygen atoms in total. The molecule has 2 aromatic carbocycles. The van der Waals surface area contributed by atoms with Gasteiger partial charge >= 0.3 is 0 Å². The minimum Gasteiger partial charge on any atom is -0.325 e. The summed E-state index contributed by atoms with van der Waals surface area (Å²) >= 11 is 0. The van der Waals surface area contributed by atoms with Crippen LogP contribution in [0.25, 0.3) is 0 Å². The number of nitro groups is 1. The van der Waals surface area contributed by atoms with Crippen molar-refractivity contribution in [3.8, 4) is 0 Å². The highest BCUT2D eigenvalue weighted by Crippen LogP contribution is 2.48. The summed E-state index contributed by atoms with van der Waals surface area (Å²) in [6, 6.07) is 15.6. The van der Waals surface area contributed by atoms with E-state index in [0.717, 1.165) is 18.4 Å². The summed E-state index contributed by atoms with van der Waals surface area (Å²) in [5, 5.41) is 13.6. The molecule has 0 aromatic heterocycles. The number of nitrogens with one attached hydrogen (secondary N) is 1. The summed E-state index contributed by atoms with van der Waals surface area (Å²) in [6.07, 6.45) is 1.61. The third-order valence-electron chi connectivity index (χ3n) is 3.83. The highest BCUT2D eigenvalue weighted by Gasteiger charge is 2.51. The minimum atomic E-state index is -0.480. The Labute approximate surface area is 121 Å². The van der Waals surface area contributed by atoms with Gasteiger partial charge in [0.25, 0.3) is 5.69 Å². The van der Waals surface area contributed by atoms with Crippen molar-refractivity contribution in [3.05, 3.63) is 70.3 Å². The van der Waals surface area contributed by atoms with Crippen molar-refractivity contribution in [1.29, 1.82) is 0 Å². The van der Waals surface area contributed by atoms with Crippen molar-refractivity contribution in [3.63, 3.8) is 0 Å². The number of nitro benzene ring substituents is 1. The number of carbonyl (C=O) groups is 1. The van der Waals surface area contributed by atoms with Gasteiger partial charge in [-0.25, -0.2) is 0 Å². The zero-order chi connectivity index (χ0) is 14.9. The Bertz CT molecular complexity index is 694. The van der Waals surface area contributed by atoms with Crippen LogP contribution in [0.5, 0.6) is 0 Å². The predicted octanol–water partition coefficient (Wildman–Crippen LogP) is 3.27. The molecule has 1 N–H and O–H groups in total. The number of carbonyl (C=O) groups excluding carboxylic acids is 1. The second kappa shape index (κ2) is 5.01. The molecule has 1 aliphatic carbocycles. The highest BCUT2D eigenvalue weighted by molar-refractivity contribution is 6.01. The topological polar surface area (TPSA) is 72.2 Å². The van der Waals surface area contributed by atoms with Crippen LogP contribution < -0.4 is 5.32 Å². The van der Waals surface area contributed by atoms with Gasteiger partial charge in [-0.05, 0) is 24.5 Å². The monoisotopic (exact) mass is 282 g/mol. The van der Waals surface area contributed by atoms with E-state index in [0.29, 0.717) is 5.69 Å². The maximum atomic E-state index is 12.5. The molecule has 21 heavy (non-hydrogen) atoms. The number of rotatable bonds is 4. The first-order valence-corrected chi connectivity index (χ1v) is 6.73. The summed E-state index contributed by atoms with van der Waals surface area (Å²) in [6.45, 7) is 0. The number of amides is 1. The molecule has 2 aromatic rings. The Morgan fingerprint density at radius 1 is 1.10 bits per heavy atom. The van der Waals surface area contributed by atoms with E-state index in [1.165, 1.54) is 12.1 Å². The molecule has 0 atom stereocenters. The Hall–Kier alpha value is -2.69. The molecule has 0 spiro atoms. The van der Waals surface area contributed by atoms with E-state index in [4.69, 9.17) is 0 Å². The van der Waals surface area contributed by atoms with E-state index in [1.807, 2.05) is 30.3 Å². The number of hydrogen-bond donors (Lipinski definition) is 1. The van der Waals surface area contributed by atoms with Gasteiger partial charge in [-0.2, -0.15) is 0 Å². The molecule has 1 aliphatic rings. The molecule has 0 saturated heterocycles. The van der Waals surface area contributed by atoms with Crippen molar-refractivity contribution < 1.29 is 9.72 Å². The molecule has 5 heteroatoms. The number of hydrogen-bond acceptors (Lipinski definition) is 3. The van der Waals surface area contributed by atoms with Crippen LogP contribution in [0.4, 0.5) is 11.4 Å². The highest BCUT2D eigenvalue weighted by atomic mass is 16.6. The summed E-state index contributed by atoms with van der Waals surface area (Å²) in [4.78, 5) is 22.8. The van der Waals surface area contributed by atoms with Crippen molar-refractivity contribution >= 4 is 17.3 Å². The summed E-state index contributed by atoms with van der Waals surface area (Å²) < 4.78 is 0. The summed E-state index contributed by atoms with van der Waals surface area (Å²) in [5.41, 5.74) is 0.938. The zero-order valence-electron chi connectivity index (χ0n) is 11.3. The summed E-state index contributed by atoms with van der Waals surface area (Å²) in [5.74, 6) is -0.103. The predicted molar refractivity (Wildman–Crippen MR) is 79.1 cm³/mol. The normalized spacial score (nSPS) is 15.2. The first-order chi connectivity index (χ1) is 10.1. The lowest BCUT2D eigenvalue weighted by Crippen LogP contribution is -2.27. The van der Waals surface area contributed by atoms with Crippen LogP contribution in [0.2, 0.25) is 0 Å². The quantitative estimate of drug-likeness (QED) is 0.691. The lowest BCUT2D eigenvalue weighted by molar-refractivity contribution is -0.384. The van der Waals surface area contributed by atoms with Crippen LogP contribution >= 0.6 is 0 Å². The Morgan fingerprint density at radius 3 is 2.43 bits per heavy atom. The fourth-order valence-corrected chi connectivity index (χ4v) is 2.48. The minimum absolute atomic E-state index is 0.0302. The maximum absolute atomic E-state index is 12.5. The number of nitrogens with zero attached hydrogens (tertiary/aromatic N) is 1. The molecule has 106 valence electrons. The standard InChI is InChI=1S/C16H14N2O3/c19-15(16(9-10-16)12-5-2-1-3-6-12)17-13-7-4-8-14(11-13)18(20)21/h1-8,11H,9-10H2,(H,17,19). The Morgan fingerprint density at radius 2 is 1.81 bits per heavy atom. The van der Waals surface area contributed by atoms with Crippen molar-refractivity contribution in [2.45, 2.75) is 18.3 Å². The average molecular weight is 282 g/mol. The Kier molecular flexibility index (Phi) is 3.17. The lowest BCUT2D eigenvalue weighted by atomic mass is 9.95. The summed E-state index contributed by atoms with van der Waals surface area (Å²) in [7, 11) is 0. The van der Waals surface area contributed by atoms with Gasteiger partial charge in [0.15, 0.2) is 0 Å². The number of non-ortho nitro benzene ring substituents is 1. The molecule has 0 unspecified atom stereocenters. The third-order valence-corrected chi connectivity index (χ3v) is 3.83. The van der Waals surface area contributed by atoms with Crippen LogP contribution in [0, 0.1) is 10.1 Å². The van der Waals surface area contributed by atoms with Gasteiger partial charge in [-0.1, -0.05) is 36.4 Å². The molecule has 1 saturated carbocycles. The molecule has 1 amide bonds. The van der Waals surface area contributed by atoms with E-state index in [1.54, 1.807) is 12.1 Å².